The second kappa shape index (κ2) is 2.43. The minimum atomic E-state index is 0.0937. The Hall–Kier alpha value is -0.440. The molecule has 0 saturated carbocycles. The summed E-state index contributed by atoms with van der Waals surface area (Å²) in [6, 6.07) is 0. The van der Waals surface area contributed by atoms with Gasteiger partial charge in [-0.1, -0.05) is 17.8 Å². The summed E-state index contributed by atoms with van der Waals surface area (Å²) in [4.78, 5) is 10.8. The second-order valence-corrected chi connectivity index (χ2v) is 3.28. The molecule has 9 heavy (non-hydrogen) atoms. The van der Waals surface area contributed by atoms with Crippen LogP contribution in [0, 0.1) is 0 Å². The van der Waals surface area contributed by atoms with Gasteiger partial charge in [0.1, 0.15) is 0 Å². The number of thioether (sulfide) groups is 1. The molecular formula is C6H9NOS. The van der Waals surface area contributed by atoms with Crippen LogP contribution >= 0.6 is 11.8 Å². The number of allylic oxidation sites excluding steroid dienone is 1. The van der Waals surface area contributed by atoms with Crippen LogP contribution in [-0.2, 0) is 4.79 Å². The minimum Gasteiger partial charge on any atom is -0.320 e. The molecule has 1 saturated heterocycles. The summed E-state index contributed by atoms with van der Waals surface area (Å²) in [6.45, 7) is 3.82. The summed E-state index contributed by atoms with van der Waals surface area (Å²) in [5.41, 5.74) is 0. The van der Waals surface area contributed by atoms with E-state index in [-0.39, 0.29) is 11.2 Å². The molecule has 2 nitrogen and oxygen atoms in total. The molecule has 1 fully saturated rings. The fourth-order valence-corrected chi connectivity index (χ4v) is 1.48. The molecule has 50 valence electrons. The van der Waals surface area contributed by atoms with Crippen molar-refractivity contribution in [1.82, 2.24) is 5.32 Å². The van der Waals surface area contributed by atoms with Gasteiger partial charge in [0.2, 0.25) is 5.91 Å². The Balaban J connectivity index is 2.65. The third-order valence-corrected chi connectivity index (χ3v) is 2.34. The molecule has 0 aromatic carbocycles. The molecule has 0 bridgehead atoms. The van der Waals surface area contributed by atoms with Gasteiger partial charge in [0.25, 0.3) is 0 Å². The summed E-state index contributed by atoms with van der Waals surface area (Å²) in [5, 5.41) is 3.81. The number of nitrogens with one attached hydrogen (secondary N) is 1. The van der Waals surface area contributed by atoms with Crippen molar-refractivity contribution >= 4 is 17.7 Å². The predicted molar refractivity (Wildman–Crippen MR) is 39.0 cm³/mol. The Morgan fingerprint density at radius 3 is 2.67 bits per heavy atom. The SMILES string of the molecule is CC=C1NC(=O)C(C)S1. The van der Waals surface area contributed by atoms with Crippen LogP contribution in [0.1, 0.15) is 13.8 Å². The number of hydrogen-bond donors (Lipinski definition) is 1. The van der Waals surface area contributed by atoms with Crippen LogP contribution in [0.2, 0.25) is 0 Å². The first-order valence-corrected chi connectivity index (χ1v) is 3.76. The van der Waals surface area contributed by atoms with E-state index in [1.807, 2.05) is 19.9 Å². The molecule has 0 radical (unpaired) electrons. The summed E-state index contributed by atoms with van der Waals surface area (Å²) < 4.78 is 0. The summed E-state index contributed by atoms with van der Waals surface area (Å²) in [5.74, 6) is 0.119. The van der Waals surface area contributed by atoms with Gasteiger partial charge in [-0.05, 0) is 13.8 Å². The van der Waals surface area contributed by atoms with E-state index in [4.69, 9.17) is 0 Å². The van der Waals surface area contributed by atoms with Gasteiger partial charge in [0.05, 0.1) is 10.3 Å². The highest BCUT2D eigenvalue weighted by Crippen LogP contribution is 2.25. The van der Waals surface area contributed by atoms with Crippen LogP contribution < -0.4 is 5.32 Å². The van der Waals surface area contributed by atoms with Crippen LogP contribution in [-0.4, -0.2) is 11.2 Å². The van der Waals surface area contributed by atoms with Gasteiger partial charge in [0, 0.05) is 0 Å². The van der Waals surface area contributed by atoms with Crippen molar-refractivity contribution in [3.05, 3.63) is 11.1 Å². The average Bonchev–Trinajstić information content (AvgIpc) is 2.13. The van der Waals surface area contributed by atoms with E-state index in [1.54, 1.807) is 11.8 Å². The van der Waals surface area contributed by atoms with Crippen molar-refractivity contribution in [2.45, 2.75) is 19.1 Å². The van der Waals surface area contributed by atoms with E-state index in [0.29, 0.717) is 0 Å². The van der Waals surface area contributed by atoms with Gasteiger partial charge in [-0.3, -0.25) is 4.79 Å². The normalized spacial score (nSPS) is 31.1. The minimum absolute atomic E-state index is 0.0937. The largest absolute Gasteiger partial charge is 0.320 e. The summed E-state index contributed by atoms with van der Waals surface area (Å²) in [6.07, 6.45) is 1.91. The highest BCUT2D eigenvalue weighted by molar-refractivity contribution is 8.04. The Morgan fingerprint density at radius 2 is 2.44 bits per heavy atom. The summed E-state index contributed by atoms with van der Waals surface area (Å²) >= 11 is 1.57. The molecule has 1 aliphatic heterocycles. The topological polar surface area (TPSA) is 29.1 Å². The van der Waals surface area contributed by atoms with Crippen molar-refractivity contribution in [3.63, 3.8) is 0 Å². The van der Waals surface area contributed by atoms with Crippen LogP contribution in [0.3, 0.4) is 0 Å². The number of hydrogen-bond acceptors (Lipinski definition) is 2. The smallest absolute Gasteiger partial charge is 0.238 e. The highest BCUT2D eigenvalue weighted by atomic mass is 32.2. The third-order valence-electron chi connectivity index (χ3n) is 1.18. The van der Waals surface area contributed by atoms with Gasteiger partial charge < -0.3 is 5.32 Å². The number of rotatable bonds is 0. The fourth-order valence-electron chi connectivity index (χ4n) is 0.637. The first-order chi connectivity index (χ1) is 4.24. The molecular weight excluding hydrogens is 134 g/mol. The quantitative estimate of drug-likeness (QED) is 0.550. The third kappa shape index (κ3) is 1.27. The number of amides is 1. The zero-order valence-corrected chi connectivity index (χ0v) is 6.29. The van der Waals surface area contributed by atoms with E-state index in [1.165, 1.54) is 0 Å². The molecule has 0 aliphatic carbocycles. The maximum Gasteiger partial charge on any atom is 0.238 e. The van der Waals surface area contributed by atoms with E-state index < -0.39 is 0 Å². The standard InChI is InChI=1S/C6H9NOS/c1-3-5-7-6(8)4(2)9-5/h3-4H,1-2H3,(H,7,8). The van der Waals surface area contributed by atoms with E-state index in [2.05, 4.69) is 5.32 Å². The van der Waals surface area contributed by atoms with Gasteiger partial charge in [0.15, 0.2) is 0 Å². The van der Waals surface area contributed by atoms with Crippen molar-refractivity contribution in [1.29, 1.82) is 0 Å². The molecule has 1 amide bonds. The molecule has 1 unspecified atom stereocenters. The maximum absolute atomic E-state index is 10.8. The average molecular weight is 143 g/mol. The molecule has 3 heteroatoms. The lowest BCUT2D eigenvalue weighted by Gasteiger charge is -1.88. The lowest BCUT2D eigenvalue weighted by Crippen LogP contribution is -2.19. The number of carbonyl (C=O) groups is 1. The van der Waals surface area contributed by atoms with Gasteiger partial charge in [-0.25, -0.2) is 0 Å². The lowest BCUT2D eigenvalue weighted by molar-refractivity contribution is -0.118. The summed E-state index contributed by atoms with van der Waals surface area (Å²) in [7, 11) is 0. The highest BCUT2D eigenvalue weighted by Gasteiger charge is 2.23. The number of carbonyl (C=O) groups excluding carboxylic acids is 1. The van der Waals surface area contributed by atoms with Crippen molar-refractivity contribution < 1.29 is 4.79 Å². The van der Waals surface area contributed by atoms with Gasteiger partial charge in [-0.2, -0.15) is 0 Å². The molecule has 1 atom stereocenters. The van der Waals surface area contributed by atoms with Crippen LogP contribution in [0.15, 0.2) is 11.1 Å². The lowest BCUT2D eigenvalue weighted by atomic mass is 10.4. The van der Waals surface area contributed by atoms with Crippen molar-refractivity contribution in [2.75, 3.05) is 0 Å². The molecule has 0 aromatic rings. The second-order valence-electron chi connectivity index (χ2n) is 1.90. The maximum atomic E-state index is 10.8. The fraction of sp³-hybridized carbons (Fsp3) is 0.500. The Morgan fingerprint density at radius 1 is 1.78 bits per heavy atom. The molecule has 1 rings (SSSR count). The van der Waals surface area contributed by atoms with Gasteiger partial charge in [-0.15, -0.1) is 0 Å². The van der Waals surface area contributed by atoms with E-state index >= 15 is 0 Å². The Kier molecular flexibility index (Phi) is 1.81. The first-order valence-electron chi connectivity index (χ1n) is 2.88. The monoisotopic (exact) mass is 143 g/mol. The molecule has 0 spiro atoms. The Labute approximate surface area is 58.7 Å². The zero-order valence-electron chi connectivity index (χ0n) is 5.47. The Bertz CT molecular complexity index is 164. The van der Waals surface area contributed by atoms with Crippen molar-refractivity contribution in [3.8, 4) is 0 Å². The van der Waals surface area contributed by atoms with Crippen LogP contribution in [0.25, 0.3) is 0 Å². The van der Waals surface area contributed by atoms with E-state index in [0.717, 1.165) is 5.03 Å². The molecule has 0 aromatic heterocycles. The van der Waals surface area contributed by atoms with Gasteiger partial charge >= 0.3 is 0 Å². The van der Waals surface area contributed by atoms with Crippen LogP contribution in [0.5, 0.6) is 0 Å². The van der Waals surface area contributed by atoms with Crippen molar-refractivity contribution in [2.24, 2.45) is 0 Å². The molecule has 1 heterocycles. The molecule has 1 aliphatic rings. The zero-order chi connectivity index (χ0) is 6.85. The molecule has 1 N–H and O–H groups in total. The van der Waals surface area contributed by atoms with Crippen LogP contribution in [0.4, 0.5) is 0 Å². The van der Waals surface area contributed by atoms with E-state index in [9.17, 15) is 4.79 Å². The predicted octanol–water partition coefficient (Wildman–Crippen LogP) is 1.10. The first kappa shape index (κ1) is 6.68.